The third-order valence-electron chi connectivity index (χ3n) is 4.48. The summed E-state index contributed by atoms with van der Waals surface area (Å²) in [6, 6.07) is 8.00. The number of rotatable bonds is 3. The van der Waals surface area contributed by atoms with Gasteiger partial charge >= 0.3 is 0 Å². The van der Waals surface area contributed by atoms with E-state index in [-0.39, 0.29) is 18.1 Å². The van der Waals surface area contributed by atoms with Crippen LogP contribution in [0.2, 0.25) is 0 Å². The zero-order valence-corrected chi connectivity index (χ0v) is 14.2. The van der Waals surface area contributed by atoms with Crippen LogP contribution in [0.4, 0.5) is 0 Å². The first kappa shape index (κ1) is 17.4. The second-order valence-corrected chi connectivity index (χ2v) is 5.92. The van der Waals surface area contributed by atoms with E-state index in [1.54, 1.807) is 7.11 Å². The van der Waals surface area contributed by atoms with Crippen LogP contribution in [-0.4, -0.2) is 29.6 Å². The Balaban J connectivity index is 0.00000192. The Morgan fingerprint density at radius 2 is 1.78 bits per heavy atom. The number of nitrogens with two attached hydrogens (primary N) is 2. The molecule has 2 aliphatic rings. The molecule has 0 unspecified atom stereocenters. The maximum atomic E-state index is 6.17. The lowest BCUT2D eigenvalue weighted by Gasteiger charge is -2.45. The van der Waals surface area contributed by atoms with Crippen molar-refractivity contribution in [1.29, 1.82) is 0 Å². The van der Waals surface area contributed by atoms with Gasteiger partial charge in [-0.25, -0.2) is 4.99 Å². The largest absolute Gasteiger partial charge is 0.497 e. The van der Waals surface area contributed by atoms with Gasteiger partial charge in [-0.15, -0.1) is 12.4 Å². The predicted octanol–water partition coefficient (Wildman–Crippen LogP) is 2.22. The van der Waals surface area contributed by atoms with Crippen molar-refractivity contribution in [1.82, 2.24) is 4.90 Å². The number of benzene rings is 1. The average molecular weight is 338 g/mol. The zero-order valence-electron chi connectivity index (χ0n) is 13.4. The molecule has 1 heterocycles. The standard InChI is InChI=1S/C16H23N5O.ClH/c1-22-13-7-5-12(6-8-13)11-21-15(18)19-14(17)20-16(21)9-3-2-4-10-16;/h5-8H,2-4,9-11H2,1H3,(H4,17,18,19,20);1H. The van der Waals surface area contributed by atoms with Gasteiger partial charge in [-0.2, -0.15) is 4.99 Å². The van der Waals surface area contributed by atoms with E-state index in [4.69, 9.17) is 16.2 Å². The number of ether oxygens (including phenoxy) is 1. The van der Waals surface area contributed by atoms with Crippen molar-refractivity contribution in [3.63, 3.8) is 0 Å². The van der Waals surface area contributed by atoms with Gasteiger partial charge in [0.15, 0.2) is 0 Å². The highest BCUT2D eigenvalue weighted by atomic mass is 35.5. The van der Waals surface area contributed by atoms with E-state index in [1.807, 2.05) is 24.3 Å². The van der Waals surface area contributed by atoms with E-state index in [0.29, 0.717) is 18.5 Å². The van der Waals surface area contributed by atoms with Crippen molar-refractivity contribution in [2.24, 2.45) is 21.5 Å². The van der Waals surface area contributed by atoms with E-state index in [9.17, 15) is 0 Å². The topological polar surface area (TPSA) is 89.2 Å². The van der Waals surface area contributed by atoms with Gasteiger partial charge in [-0.05, 0) is 43.4 Å². The van der Waals surface area contributed by atoms with E-state index in [2.05, 4.69) is 14.9 Å². The molecule has 0 bridgehead atoms. The molecule has 1 aromatic carbocycles. The molecule has 0 radical (unpaired) electrons. The molecule has 7 heteroatoms. The number of nitrogens with zero attached hydrogens (tertiary/aromatic N) is 3. The Kier molecular flexibility index (Phi) is 5.36. The van der Waals surface area contributed by atoms with Gasteiger partial charge in [0, 0.05) is 6.54 Å². The van der Waals surface area contributed by atoms with Crippen LogP contribution in [-0.2, 0) is 6.54 Å². The number of hydrogen-bond acceptors (Lipinski definition) is 6. The summed E-state index contributed by atoms with van der Waals surface area (Å²) in [6.07, 6.45) is 5.47. The molecular weight excluding hydrogens is 314 g/mol. The second kappa shape index (κ2) is 7.08. The fourth-order valence-corrected chi connectivity index (χ4v) is 3.33. The third kappa shape index (κ3) is 3.52. The lowest BCUT2D eigenvalue weighted by Crippen LogP contribution is -2.57. The Bertz CT molecular complexity index is 593. The molecule has 1 aromatic rings. The SMILES string of the molecule is COc1ccc(CN2C(N)=NC(N)=NC23CCCCC3)cc1.Cl. The van der Waals surface area contributed by atoms with Crippen molar-refractivity contribution < 1.29 is 4.74 Å². The maximum Gasteiger partial charge on any atom is 0.220 e. The number of hydrogen-bond donors (Lipinski definition) is 2. The maximum absolute atomic E-state index is 6.17. The second-order valence-electron chi connectivity index (χ2n) is 5.92. The molecule has 4 N–H and O–H groups in total. The van der Waals surface area contributed by atoms with Crippen molar-refractivity contribution in [3.8, 4) is 5.75 Å². The van der Waals surface area contributed by atoms with Crippen molar-refractivity contribution in [2.45, 2.75) is 44.3 Å². The first-order valence-electron chi connectivity index (χ1n) is 7.73. The monoisotopic (exact) mass is 337 g/mol. The minimum absolute atomic E-state index is 0. The van der Waals surface area contributed by atoms with E-state index in [0.717, 1.165) is 37.0 Å². The number of guanidine groups is 2. The van der Waals surface area contributed by atoms with Crippen LogP contribution in [0.5, 0.6) is 5.75 Å². The highest BCUT2D eigenvalue weighted by Crippen LogP contribution is 2.37. The van der Waals surface area contributed by atoms with Gasteiger partial charge in [0.1, 0.15) is 11.4 Å². The van der Waals surface area contributed by atoms with Crippen molar-refractivity contribution in [3.05, 3.63) is 29.8 Å². The Hall–Kier alpha value is -1.95. The van der Waals surface area contributed by atoms with Crippen LogP contribution in [0.3, 0.4) is 0 Å². The third-order valence-corrected chi connectivity index (χ3v) is 4.48. The van der Waals surface area contributed by atoms with E-state index >= 15 is 0 Å². The summed E-state index contributed by atoms with van der Waals surface area (Å²) in [4.78, 5) is 10.9. The summed E-state index contributed by atoms with van der Waals surface area (Å²) in [7, 11) is 1.67. The Morgan fingerprint density at radius 3 is 2.39 bits per heavy atom. The summed E-state index contributed by atoms with van der Waals surface area (Å²) in [5.41, 5.74) is 12.9. The Labute approximate surface area is 143 Å². The molecule has 0 saturated heterocycles. The highest BCUT2D eigenvalue weighted by molar-refractivity contribution is 5.95. The zero-order chi connectivity index (χ0) is 15.6. The number of halogens is 1. The smallest absolute Gasteiger partial charge is 0.220 e. The van der Waals surface area contributed by atoms with Gasteiger partial charge in [-0.3, -0.25) is 0 Å². The van der Waals surface area contributed by atoms with Crippen LogP contribution in [0.15, 0.2) is 34.3 Å². The quantitative estimate of drug-likeness (QED) is 0.885. The average Bonchev–Trinajstić information content (AvgIpc) is 2.52. The molecule has 126 valence electrons. The summed E-state index contributed by atoms with van der Waals surface area (Å²) >= 11 is 0. The molecule has 1 fully saturated rings. The molecule has 0 aromatic heterocycles. The molecule has 1 saturated carbocycles. The van der Waals surface area contributed by atoms with Gasteiger partial charge in [0.2, 0.25) is 11.9 Å². The van der Waals surface area contributed by atoms with Gasteiger partial charge in [-0.1, -0.05) is 18.6 Å². The minimum atomic E-state index is -0.325. The molecule has 1 aliphatic heterocycles. The number of aliphatic imine (C=N–C) groups is 2. The van der Waals surface area contributed by atoms with Crippen LogP contribution in [0, 0.1) is 0 Å². The molecular formula is C16H24ClN5O. The van der Waals surface area contributed by atoms with E-state index in [1.165, 1.54) is 6.42 Å². The summed E-state index contributed by atoms with van der Waals surface area (Å²) in [5, 5.41) is 0. The lowest BCUT2D eigenvalue weighted by atomic mass is 9.87. The van der Waals surface area contributed by atoms with Gasteiger partial charge in [0.05, 0.1) is 7.11 Å². The normalized spacial score (nSPS) is 19.6. The summed E-state index contributed by atoms with van der Waals surface area (Å²) < 4.78 is 5.20. The van der Waals surface area contributed by atoms with Crippen molar-refractivity contribution >= 4 is 24.3 Å². The first-order chi connectivity index (χ1) is 10.6. The predicted molar refractivity (Wildman–Crippen MR) is 94.8 cm³/mol. The first-order valence-corrected chi connectivity index (χ1v) is 7.73. The number of methoxy groups -OCH3 is 1. The molecule has 1 aliphatic carbocycles. The molecule has 1 spiro atoms. The van der Waals surface area contributed by atoms with Crippen molar-refractivity contribution in [2.75, 3.05) is 7.11 Å². The van der Waals surface area contributed by atoms with Crippen LogP contribution < -0.4 is 16.2 Å². The molecule has 0 atom stereocenters. The molecule has 23 heavy (non-hydrogen) atoms. The highest BCUT2D eigenvalue weighted by Gasteiger charge is 2.41. The molecule has 3 rings (SSSR count). The Morgan fingerprint density at radius 1 is 1.13 bits per heavy atom. The fourth-order valence-electron chi connectivity index (χ4n) is 3.33. The van der Waals surface area contributed by atoms with Gasteiger partial charge < -0.3 is 21.1 Å². The van der Waals surface area contributed by atoms with E-state index < -0.39 is 0 Å². The van der Waals surface area contributed by atoms with Crippen LogP contribution >= 0.6 is 12.4 Å². The summed E-state index contributed by atoms with van der Waals surface area (Å²) in [6.45, 7) is 0.677. The molecule has 0 amide bonds. The minimum Gasteiger partial charge on any atom is -0.497 e. The summed E-state index contributed by atoms with van der Waals surface area (Å²) in [5.74, 6) is 1.61. The van der Waals surface area contributed by atoms with Crippen LogP contribution in [0.1, 0.15) is 37.7 Å². The molecule has 6 nitrogen and oxygen atoms in total. The van der Waals surface area contributed by atoms with Gasteiger partial charge in [0.25, 0.3) is 0 Å². The lowest BCUT2D eigenvalue weighted by molar-refractivity contribution is 0.114. The van der Waals surface area contributed by atoms with Crippen LogP contribution in [0.25, 0.3) is 0 Å². The fraction of sp³-hybridized carbons (Fsp3) is 0.500.